The molecule has 0 spiro atoms. The van der Waals surface area contributed by atoms with Crippen LogP contribution in [0.1, 0.15) is 32.1 Å². The summed E-state index contributed by atoms with van der Waals surface area (Å²) in [6.45, 7) is 2.63. The Morgan fingerprint density at radius 2 is 1.60 bits per heavy atom. The normalized spacial score (nSPS) is 14.6. The number of ether oxygens (including phenoxy) is 1. The molecule has 2 aromatic rings. The minimum absolute atomic E-state index is 0.0292. The molecule has 2 aromatic carbocycles. The van der Waals surface area contributed by atoms with Crippen LogP contribution in [-0.4, -0.2) is 25.6 Å². The molecular weight excluding hydrogens is 312 g/mol. The molecule has 0 bridgehead atoms. The molecule has 1 saturated heterocycles. The SMILES string of the molecule is O=C(CCOc1ccccc1)Nc1ccc(N2CCCCCC2)cc1. The van der Waals surface area contributed by atoms with Crippen LogP contribution in [0.2, 0.25) is 0 Å². The second kappa shape index (κ2) is 9.11. The lowest BCUT2D eigenvalue weighted by Gasteiger charge is -2.22. The molecule has 1 aliphatic heterocycles. The maximum absolute atomic E-state index is 12.0. The van der Waals surface area contributed by atoms with Gasteiger partial charge in [-0.2, -0.15) is 0 Å². The number of rotatable bonds is 6. The first-order valence-electron chi connectivity index (χ1n) is 9.14. The zero-order valence-corrected chi connectivity index (χ0v) is 14.6. The summed E-state index contributed by atoms with van der Waals surface area (Å²) in [7, 11) is 0. The van der Waals surface area contributed by atoms with Crippen LogP contribution in [0, 0.1) is 0 Å². The predicted molar refractivity (Wildman–Crippen MR) is 102 cm³/mol. The third-order valence-electron chi connectivity index (χ3n) is 4.46. The first-order chi connectivity index (χ1) is 12.3. The largest absolute Gasteiger partial charge is 0.493 e. The highest BCUT2D eigenvalue weighted by molar-refractivity contribution is 5.90. The van der Waals surface area contributed by atoms with E-state index in [1.165, 1.54) is 31.4 Å². The average molecular weight is 338 g/mol. The summed E-state index contributed by atoms with van der Waals surface area (Å²) in [4.78, 5) is 14.5. The molecule has 0 atom stereocenters. The summed E-state index contributed by atoms with van der Waals surface area (Å²) in [5.74, 6) is 0.760. The van der Waals surface area contributed by atoms with E-state index in [1.807, 2.05) is 42.5 Å². The van der Waals surface area contributed by atoms with E-state index >= 15 is 0 Å². The van der Waals surface area contributed by atoms with Crippen LogP contribution in [0.4, 0.5) is 11.4 Å². The van der Waals surface area contributed by atoms with E-state index in [9.17, 15) is 4.79 Å². The fourth-order valence-electron chi connectivity index (χ4n) is 3.09. The highest BCUT2D eigenvalue weighted by Gasteiger charge is 2.10. The fraction of sp³-hybridized carbons (Fsp3) is 0.381. The molecule has 0 aliphatic carbocycles. The van der Waals surface area contributed by atoms with Gasteiger partial charge < -0.3 is 15.0 Å². The van der Waals surface area contributed by atoms with E-state index in [-0.39, 0.29) is 5.91 Å². The van der Waals surface area contributed by atoms with Crippen molar-refractivity contribution in [1.82, 2.24) is 0 Å². The summed E-state index contributed by atoms with van der Waals surface area (Å²) in [6, 6.07) is 17.7. The first kappa shape index (κ1) is 17.3. The van der Waals surface area contributed by atoms with E-state index in [0.717, 1.165) is 24.5 Å². The minimum atomic E-state index is -0.0292. The van der Waals surface area contributed by atoms with Crippen molar-refractivity contribution in [2.45, 2.75) is 32.1 Å². The Bertz CT molecular complexity index is 647. The molecule has 1 amide bonds. The Morgan fingerprint density at radius 3 is 2.28 bits per heavy atom. The van der Waals surface area contributed by atoms with Crippen molar-refractivity contribution in [3.05, 3.63) is 54.6 Å². The summed E-state index contributed by atoms with van der Waals surface area (Å²) in [5.41, 5.74) is 2.08. The van der Waals surface area contributed by atoms with Gasteiger partial charge in [-0.25, -0.2) is 0 Å². The van der Waals surface area contributed by atoms with E-state index in [2.05, 4.69) is 22.3 Å². The van der Waals surface area contributed by atoms with Gasteiger partial charge >= 0.3 is 0 Å². The molecule has 4 nitrogen and oxygen atoms in total. The van der Waals surface area contributed by atoms with E-state index in [1.54, 1.807) is 0 Å². The van der Waals surface area contributed by atoms with Gasteiger partial charge in [-0.05, 0) is 49.2 Å². The maximum Gasteiger partial charge on any atom is 0.227 e. The number of anilines is 2. The van der Waals surface area contributed by atoms with E-state index < -0.39 is 0 Å². The number of nitrogens with one attached hydrogen (secondary N) is 1. The van der Waals surface area contributed by atoms with Crippen LogP contribution in [0.3, 0.4) is 0 Å². The molecule has 1 fully saturated rings. The van der Waals surface area contributed by atoms with Crippen molar-refractivity contribution in [2.75, 3.05) is 29.9 Å². The third kappa shape index (κ3) is 5.52. The molecule has 25 heavy (non-hydrogen) atoms. The van der Waals surface area contributed by atoms with Gasteiger partial charge in [0.2, 0.25) is 5.91 Å². The monoisotopic (exact) mass is 338 g/mol. The minimum Gasteiger partial charge on any atom is -0.493 e. The van der Waals surface area contributed by atoms with Crippen molar-refractivity contribution in [2.24, 2.45) is 0 Å². The predicted octanol–water partition coefficient (Wildman–Crippen LogP) is 4.47. The van der Waals surface area contributed by atoms with Gasteiger partial charge in [-0.3, -0.25) is 4.79 Å². The number of hydrogen-bond acceptors (Lipinski definition) is 3. The lowest BCUT2D eigenvalue weighted by Crippen LogP contribution is -2.23. The molecule has 0 unspecified atom stereocenters. The Kier molecular flexibility index (Phi) is 6.32. The summed E-state index contributed by atoms with van der Waals surface area (Å²) >= 11 is 0. The zero-order valence-electron chi connectivity index (χ0n) is 14.6. The fourth-order valence-corrected chi connectivity index (χ4v) is 3.09. The lowest BCUT2D eigenvalue weighted by atomic mass is 10.2. The van der Waals surface area contributed by atoms with Crippen LogP contribution in [0.25, 0.3) is 0 Å². The molecule has 132 valence electrons. The number of amides is 1. The second-order valence-electron chi connectivity index (χ2n) is 6.41. The van der Waals surface area contributed by atoms with Gasteiger partial charge in [-0.1, -0.05) is 31.0 Å². The van der Waals surface area contributed by atoms with Gasteiger partial charge in [-0.15, -0.1) is 0 Å². The Hall–Kier alpha value is -2.49. The van der Waals surface area contributed by atoms with Gasteiger partial charge in [0.05, 0.1) is 13.0 Å². The van der Waals surface area contributed by atoms with E-state index in [0.29, 0.717) is 13.0 Å². The molecule has 3 rings (SSSR count). The van der Waals surface area contributed by atoms with Gasteiger partial charge in [0, 0.05) is 24.5 Å². The summed E-state index contributed by atoms with van der Waals surface area (Å²) in [6.07, 6.45) is 5.52. The summed E-state index contributed by atoms with van der Waals surface area (Å²) in [5, 5.41) is 2.93. The number of carbonyl (C=O) groups excluding carboxylic acids is 1. The Labute approximate surface area is 149 Å². The topological polar surface area (TPSA) is 41.6 Å². The average Bonchev–Trinajstić information content (AvgIpc) is 2.93. The molecule has 0 saturated carbocycles. The van der Waals surface area contributed by atoms with Crippen LogP contribution in [0.15, 0.2) is 54.6 Å². The van der Waals surface area contributed by atoms with Crippen molar-refractivity contribution in [1.29, 1.82) is 0 Å². The van der Waals surface area contributed by atoms with Crippen molar-refractivity contribution < 1.29 is 9.53 Å². The van der Waals surface area contributed by atoms with Crippen molar-refractivity contribution in [3.63, 3.8) is 0 Å². The van der Waals surface area contributed by atoms with Crippen LogP contribution >= 0.6 is 0 Å². The molecule has 1 heterocycles. The van der Waals surface area contributed by atoms with Crippen LogP contribution < -0.4 is 15.0 Å². The first-order valence-corrected chi connectivity index (χ1v) is 9.14. The molecule has 4 heteroatoms. The molecule has 0 radical (unpaired) electrons. The van der Waals surface area contributed by atoms with Crippen molar-refractivity contribution in [3.8, 4) is 5.75 Å². The summed E-state index contributed by atoms with van der Waals surface area (Å²) < 4.78 is 5.56. The van der Waals surface area contributed by atoms with Gasteiger partial charge in [0.1, 0.15) is 5.75 Å². The van der Waals surface area contributed by atoms with Crippen molar-refractivity contribution >= 4 is 17.3 Å². The molecule has 1 N–H and O–H groups in total. The standard InChI is InChI=1S/C21H26N2O2/c24-21(14-17-25-20-8-4-3-5-9-20)22-18-10-12-19(13-11-18)23-15-6-1-2-7-16-23/h3-5,8-13H,1-2,6-7,14-17H2,(H,22,24). The highest BCUT2D eigenvalue weighted by atomic mass is 16.5. The van der Waals surface area contributed by atoms with Crippen LogP contribution in [0.5, 0.6) is 5.75 Å². The smallest absolute Gasteiger partial charge is 0.227 e. The molecule has 0 aromatic heterocycles. The Balaban J connectivity index is 1.45. The molecular formula is C21H26N2O2. The van der Waals surface area contributed by atoms with Gasteiger partial charge in [0.15, 0.2) is 0 Å². The zero-order chi connectivity index (χ0) is 17.3. The maximum atomic E-state index is 12.0. The number of para-hydroxylation sites is 1. The second-order valence-corrected chi connectivity index (χ2v) is 6.41. The molecule has 1 aliphatic rings. The third-order valence-corrected chi connectivity index (χ3v) is 4.46. The quantitative estimate of drug-likeness (QED) is 0.844. The van der Waals surface area contributed by atoms with Crippen LogP contribution in [-0.2, 0) is 4.79 Å². The highest BCUT2D eigenvalue weighted by Crippen LogP contribution is 2.21. The number of carbonyl (C=O) groups is 1. The van der Waals surface area contributed by atoms with E-state index in [4.69, 9.17) is 4.74 Å². The Morgan fingerprint density at radius 1 is 0.920 bits per heavy atom. The number of benzene rings is 2. The lowest BCUT2D eigenvalue weighted by molar-refractivity contribution is -0.116. The van der Waals surface area contributed by atoms with Gasteiger partial charge in [0.25, 0.3) is 0 Å². The number of hydrogen-bond donors (Lipinski definition) is 1. The number of nitrogens with zero attached hydrogens (tertiary/aromatic N) is 1.